The summed E-state index contributed by atoms with van der Waals surface area (Å²) in [5, 5.41) is 26.0. The number of aryl methyl sites for hydroxylation is 1. The highest BCUT2D eigenvalue weighted by molar-refractivity contribution is 5.88. The second-order valence-corrected chi connectivity index (χ2v) is 8.14. The van der Waals surface area contributed by atoms with Crippen molar-refractivity contribution in [1.29, 1.82) is 0 Å². The van der Waals surface area contributed by atoms with Gasteiger partial charge in [0.2, 0.25) is 5.95 Å². The summed E-state index contributed by atoms with van der Waals surface area (Å²) in [6.45, 7) is 1.85. The lowest BCUT2D eigenvalue weighted by Gasteiger charge is -2.16. The lowest BCUT2D eigenvalue weighted by molar-refractivity contribution is 0.0696. The molecule has 5 rings (SSSR count). The first-order valence-corrected chi connectivity index (χ1v) is 11.1. The number of hydrogen-bond donors (Lipinski definition) is 5. The smallest absolute Gasteiger partial charge is 0.337 e. The predicted molar refractivity (Wildman–Crippen MR) is 137 cm³/mol. The van der Waals surface area contributed by atoms with Gasteiger partial charge in [0.15, 0.2) is 6.23 Å². The fourth-order valence-corrected chi connectivity index (χ4v) is 3.89. The third-order valence-electron chi connectivity index (χ3n) is 5.67. The average molecular weight is 482 g/mol. The Morgan fingerprint density at radius 2 is 1.81 bits per heavy atom. The highest BCUT2D eigenvalue weighted by Gasteiger charge is 2.15. The van der Waals surface area contributed by atoms with Crippen LogP contribution in [0.3, 0.4) is 0 Å². The lowest BCUT2D eigenvalue weighted by atomic mass is 10.1. The Hall–Kier alpha value is -4.96. The van der Waals surface area contributed by atoms with Crippen molar-refractivity contribution in [2.24, 2.45) is 0 Å². The maximum absolute atomic E-state index is 11.4. The van der Waals surface area contributed by atoms with Gasteiger partial charge >= 0.3 is 5.97 Å². The number of aliphatic hydroxyl groups is 1. The number of para-hydroxylation sites is 2. The molecule has 5 aromatic rings. The number of carboxylic acid groups (broad SMARTS) is 1. The third kappa shape index (κ3) is 4.52. The second-order valence-electron chi connectivity index (χ2n) is 8.14. The Bertz CT molecular complexity index is 1560. The first-order valence-electron chi connectivity index (χ1n) is 11.1. The zero-order valence-electron chi connectivity index (χ0n) is 19.3. The molecule has 0 aliphatic heterocycles. The first-order chi connectivity index (χ1) is 17.4. The SMILES string of the molecule is Cc1nc2ccc(C(=O)O)cn2c1-c1ccnc(Nc2ccc(C(O)Nc3ccccc3N)cc2)n1. The number of carbonyl (C=O) groups is 1. The van der Waals surface area contributed by atoms with Crippen molar-refractivity contribution in [3.05, 3.63) is 95.9 Å². The van der Waals surface area contributed by atoms with Crippen LogP contribution in [-0.2, 0) is 0 Å². The monoisotopic (exact) mass is 481 g/mol. The van der Waals surface area contributed by atoms with Gasteiger partial charge in [0.1, 0.15) is 5.65 Å². The van der Waals surface area contributed by atoms with Crippen LogP contribution in [0.4, 0.5) is 23.0 Å². The Balaban J connectivity index is 1.36. The van der Waals surface area contributed by atoms with Crippen molar-refractivity contribution in [1.82, 2.24) is 19.4 Å². The van der Waals surface area contributed by atoms with Crippen molar-refractivity contribution in [2.75, 3.05) is 16.4 Å². The zero-order chi connectivity index (χ0) is 25.2. The number of imidazole rings is 1. The Morgan fingerprint density at radius 1 is 1.03 bits per heavy atom. The van der Waals surface area contributed by atoms with Gasteiger partial charge in [0.05, 0.1) is 34.0 Å². The Labute approximate surface area is 206 Å². The normalized spacial score (nSPS) is 11.8. The number of pyridine rings is 1. The highest BCUT2D eigenvalue weighted by atomic mass is 16.4. The third-order valence-corrected chi connectivity index (χ3v) is 5.67. The molecular formula is C26H23N7O3. The zero-order valence-corrected chi connectivity index (χ0v) is 19.3. The topological polar surface area (TPSA) is 151 Å². The minimum Gasteiger partial charge on any atom is -0.478 e. The first kappa shape index (κ1) is 22.8. The van der Waals surface area contributed by atoms with Gasteiger partial charge in [-0.25, -0.2) is 19.7 Å². The summed E-state index contributed by atoms with van der Waals surface area (Å²) in [4.78, 5) is 24.9. The summed E-state index contributed by atoms with van der Waals surface area (Å²) in [6.07, 6.45) is 2.22. The molecule has 0 saturated heterocycles. The lowest BCUT2D eigenvalue weighted by Crippen LogP contribution is -2.11. The quantitative estimate of drug-likeness (QED) is 0.170. The summed E-state index contributed by atoms with van der Waals surface area (Å²) >= 11 is 0. The largest absolute Gasteiger partial charge is 0.478 e. The highest BCUT2D eigenvalue weighted by Crippen LogP contribution is 2.26. The maximum Gasteiger partial charge on any atom is 0.337 e. The van der Waals surface area contributed by atoms with Crippen LogP contribution in [0, 0.1) is 6.92 Å². The van der Waals surface area contributed by atoms with Crippen LogP contribution < -0.4 is 16.4 Å². The number of hydrogen-bond acceptors (Lipinski definition) is 8. The van der Waals surface area contributed by atoms with Crippen molar-refractivity contribution >= 4 is 34.6 Å². The standard InChI is InChI=1S/C26H23N7O3/c1-15-23(33-14-17(25(35)36)8-11-22(33)29-15)21-12-13-28-26(32-21)30-18-9-6-16(7-10-18)24(34)31-20-5-3-2-4-19(20)27/h2-14,24,31,34H,27H2,1H3,(H,35,36)(H,28,30,32). The summed E-state index contributed by atoms with van der Waals surface area (Å²) in [5.41, 5.74) is 11.3. The van der Waals surface area contributed by atoms with E-state index in [9.17, 15) is 15.0 Å². The van der Waals surface area contributed by atoms with Crippen molar-refractivity contribution in [3.8, 4) is 11.4 Å². The van der Waals surface area contributed by atoms with Gasteiger partial charge in [-0.2, -0.15) is 0 Å². The van der Waals surface area contributed by atoms with E-state index in [0.717, 1.165) is 5.69 Å². The Kier molecular flexibility index (Phi) is 5.93. The summed E-state index contributed by atoms with van der Waals surface area (Å²) in [6, 6.07) is 19.3. The summed E-state index contributed by atoms with van der Waals surface area (Å²) < 4.78 is 1.72. The van der Waals surface area contributed by atoms with Crippen molar-refractivity contribution < 1.29 is 15.0 Å². The molecule has 10 heteroatoms. The summed E-state index contributed by atoms with van der Waals surface area (Å²) in [7, 11) is 0. The van der Waals surface area contributed by atoms with Gasteiger partial charge in [0.25, 0.3) is 0 Å². The molecule has 10 nitrogen and oxygen atoms in total. The molecule has 0 aliphatic rings. The van der Waals surface area contributed by atoms with Gasteiger partial charge in [-0.3, -0.25) is 4.40 Å². The predicted octanol–water partition coefficient (Wildman–Crippen LogP) is 4.23. The molecule has 1 atom stereocenters. The van der Waals surface area contributed by atoms with Crippen LogP contribution in [0.1, 0.15) is 27.8 Å². The molecule has 2 aromatic carbocycles. The number of aliphatic hydroxyl groups excluding tert-OH is 1. The molecule has 0 radical (unpaired) electrons. The minimum absolute atomic E-state index is 0.153. The number of aromatic nitrogens is 4. The number of nitrogens with zero attached hydrogens (tertiary/aromatic N) is 4. The van der Waals surface area contributed by atoms with Crippen molar-refractivity contribution in [2.45, 2.75) is 13.2 Å². The number of rotatable bonds is 7. The van der Waals surface area contributed by atoms with Crippen LogP contribution in [0.15, 0.2) is 79.1 Å². The molecule has 0 aliphatic carbocycles. The fourth-order valence-electron chi connectivity index (χ4n) is 3.89. The second kappa shape index (κ2) is 9.35. The number of nitrogens with two attached hydrogens (primary N) is 1. The van der Waals surface area contributed by atoms with E-state index in [2.05, 4.69) is 25.6 Å². The summed E-state index contributed by atoms with van der Waals surface area (Å²) in [5.74, 6) is -0.657. The molecule has 0 amide bonds. The molecule has 0 bridgehead atoms. The molecule has 0 spiro atoms. The van der Waals surface area contributed by atoms with E-state index >= 15 is 0 Å². The number of benzene rings is 2. The number of fused-ring (bicyclic) bond motifs is 1. The van der Waals surface area contributed by atoms with E-state index < -0.39 is 12.2 Å². The molecule has 0 saturated carbocycles. The number of aromatic carboxylic acids is 1. The minimum atomic E-state index is -1.02. The van der Waals surface area contributed by atoms with E-state index in [1.165, 1.54) is 12.3 Å². The van der Waals surface area contributed by atoms with E-state index in [-0.39, 0.29) is 5.56 Å². The molecule has 180 valence electrons. The fraction of sp³-hybridized carbons (Fsp3) is 0.0769. The van der Waals surface area contributed by atoms with Crippen LogP contribution in [0.2, 0.25) is 0 Å². The van der Waals surface area contributed by atoms with E-state index in [4.69, 9.17) is 5.73 Å². The van der Waals surface area contributed by atoms with Gasteiger partial charge in [-0.1, -0.05) is 24.3 Å². The Morgan fingerprint density at radius 3 is 2.56 bits per heavy atom. The number of nitrogens with one attached hydrogen (secondary N) is 2. The molecule has 3 heterocycles. The molecule has 1 unspecified atom stereocenters. The van der Waals surface area contributed by atoms with Crippen LogP contribution in [-0.4, -0.2) is 35.5 Å². The molecule has 6 N–H and O–H groups in total. The van der Waals surface area contributed by atoms with Crippen molar-refractivity contribution in [3.63, 3.8) is 0 Å². The van der Waals surface area contributed by atoms with Gasteiger partial charge in [-0.05, 0) is 49.4 Å². The number of nitrogen functional groups attached to an aromatic ring is 1. The van der Waals surface area contributed by atoms with E-state index in [1.54, 1.807) is 47.0 Å². The molecule has 3 aromatic heterocycles. The van der Waals surface area contributed by atoms with Gasteiger partial charge in [-0.15, -0.1) is 0 Å². The van der Waals surface area contributed by atoms with Gasteiger partial charge < -0.3 is 26.6 Å². The molecule has 0 fully saturated rings. The van der Waals surface area contributed by atoms with Gasteiger partial charge in [0, 0.05) is 23.6 Å². The van der Waals surface area contributed by atoms with E-state index in [0.29, 0.717) is 45.6 Å². The molecule has 36 heavy (non-hydrogen) atoms. The van der Waals surface area contributed by atoms with Crippen LogP contribution in [0.25, 0.3) is 17.0 Å². The average Bonchev–Trinajstić information content (AvgIpc) is 3.21. The van der Waals surface area contributed by atoms with Crippen LogP contribution >= 0.6 is 0 Å². The van der Waals surface area contributed by atoms with Crippen LogP contribution in [0.5, 0.6) is 0 Å². The number of anilines is 4. The molecular weight excluding hydrogens is 458 g/mol. The maximum atomic E-state index is 11.4. The number of carboxylic acids is 1. The van der Waals surface area contributed by atoms with E-state index in [1.807, 2.05) is 31.2 Å².